The molecule has 1 aliphatic rings. The number of rotatable bonds is 6. The molecule has 0 N–H and O–H groups in total. The van der Waals surface area contributed by atoms with E-state index in [2.05, 4.69) is 0 Å². The van der Waals surface area contributed by atoms with Gasteiger partial charge in [-0.15, -0.1) is 0 Å². The molecule has 0 spiro atoms. The maximum atomic E-state index is 11.8. The van der Waals surface area contributed by atoms with Crippen LogP contribution in [0, 0.1) is 5.92 Å². The van der Waals surface area contributed by atoms with E-state index in [0.29, 0.717) is 19.1 Å². The number of carbonyl (C=O) groups excluding carboxylic acids is 2. The molecular weight excluding hydrogens is 248 g/mol. The van der Waals surface area contributed by atoms with Crippen molar-refractivity contribution in [2.24, 2.45) is 5.92 Å². The SMILES string of the molecule is C[C@H](OC[C@@H]1CCOC1)C(=O)CC(=O)OC(C)(C)C. The Morgan fingerprint density at radius 1 is 1.37 bits per heavy atom. The Bertz CT molecular complexity index is 312. The molecule has 0 aromatic carbocycles. The highest BCUT2D eigenvalue weighted by Gasteiger charge is 2.24. The third-order valence-corrected chi connectivity index (χ3v) is 2.80. The van der Waals surface area contributed by atoms with E-state index in [4.69, 9.17) is 14.2 Å². The fourth-order valence-electron chi connectivity index (χ4n) is 1.75. The average Bonchev–Trinajstić information content (AvgIpc) is 2.75. The molecule has 0 aromatic heterocycles. The first-order valence-corrected chi connectivity index (χ1v) is 6.72. The van der Waals surface area contributed by atoms with E-state index in [1.54, 1.807) is 27.7 Å². The number of ether oxygens (including phenoxy) is 3. The summed E-state index contributed by atoms with van der Waals surface area (Å²) in [6, 6.07) is 0. The molecule has 1 aliphatic heterocycles. The third kappa shape index (κ3) is 6.68. The number of Topliss-reactive ketones (excluding diaryl/α,β-unsaturated/α-hetero) is 1. The van der Waals surface area contributed by atoms with Crippen LogP contribution in [0.5, 0.6) is 0 Å². The van der Waals surface area contributed by atoms with Gasteiger partial charge >= 0.3 is 5.97 Å². The van der Waals surface area contributed by atoms with Gasteiger partial charge in [-0.2, -0.15) is 0 Å². The number of esters is 1. The lowest BCUT2D eigenvalue weighted by molar-refractivity contribution is -0.157. The Morgan fingerprint density at radius 3 is 2.58 bits per heavy atom. The average molecular weight is 272 g/mol. The zero-order chi connectivity index (χ0) is 14.5. The fourth-order valence-corrected chi connectivity index (χ4v) is 1.75. The molecular formula is C14H24O5. The Morgan fingerprint density at radius 2 is 2.05 bits per heavy atom. The van der Waals surface area contributed by atoms with E-state index in [0.717, 1.165) is 13.0 Å². The molecule has 5 nitrogen and oxygen atoms in total. The van der Waals surface area contributed by atoms with Crippen molar-refractivity contribution in [3.63, 3.8) is 0 Å². The topological polar surface area (TPSA) is 61.8 Å². The van der Waals surface area contributed by atoms with Crippen LogP contribution in [0.1, 0.15) is 40.5 Å². The predicted molar refractivity (Wildman–Crippen MR) is 69.8 cm³/mol. The van der Waals surface area contributed by atoms with Crippen LogP contribution >= 0.6 is 0 Å². The summed E-state index contributed by atoms with van der Waals surface area (Å²) in [5.41, 5.74) is -0.567. The van der Waals surface area contributed by atoms with Gasteiger partial charge in [-0.1, -0.05) is 0 Å². The molecule has 0 saturated carbocycles. The molecule has 0 aromatic rings. The summed E-state index contributed by atoms with van der Waals surface area (Å²) in [5, 5.41) is 0. The van der Waals surface area contributed by atoms with Crippen molar-refractivity contribution >= 4 is 11.8 Å². The summed E-state index contributed by atoms with van der Waals surface area (Å²) in [7, 11) is 0. The highest BCUT2D eigenvalue weighted by molar-refractivity contribution is 5.97. The molecule has 1 heterocycles. The quantitative estimate of drug-likeness (QED) is 0.544. The summed E-state index contributed by atoms with van der Waals surface area (Å²) >= 11 is 0. The molecule has 2 atom stereocenters. The van der Waals surface area contributed by atoms with Crippen LogP contribution in [0.4, 0.5) is 0 Å². The predicted octanol–water partition coefficient (Wildman–Crippen LogP) is 1.73. The Balaban J connectivity index is 2.25. The minimum Gasteiger partial charge on any atom is -0.460 e. The van der Waals surface area contributed by atoms with E-state index < -0.39 is 17.7 Å². The summed E-state index contributed by atoms with van der Waals surface area (Å²) in [5.74, 6) is -0.387. The Labute approximate surface area is 114 Å². The first kappa shape index (κ1) is 16.1. The maximum Gasteiger partial charge on any atom is 0.313 e. The zero-order valence-corrected chi connectivity index (χ0v) is 12.2. The van der Waals surface area contributed by atoms with E-state index >= 15 is 0 Å². The van der Waals surface area contributed by atoms with Gasteiger partial charge < -0.3 is 14.2 Å². The first-order valence-electron chi connectivity index (χ1n) is 6.72. The van der Waals surface area contributed by atoms with E-state index in [1.807, 2.05) is 0 Å². The first-order chi connectivity index (χ1) is 8.78. The van der Waals surface area contributed by atoms with Crippen molar-refractivity contribution in [1.29, 1.82) is 0 Å². The van der Waals surface area contributed by atoms with Crippen LogP contribution in [-0.4, -0.2) is 43.3 Å². The van der Waals surface area contributed by atoms with Crippen LogP contribution in [0.25, 0.3) is 0 Å². The Hall–Kier alpha value is -0.940. The van der Waals surface area contributed by atoms with Gasteiger partial charge in [-0.3, -0.25) is 9.59 Å². The zero-order valence-electron chi connectivity index (χ0n) is 12.2. The standard InChI is InChI=1S/C14H24O5/c1-10(18-9-11-5-6-17-8-11)12(15)7-13(16)19-14(2,3)4/h10-11H,5-9H2,1-4H3/t10-,11+/m0/s1. The second-order valence-corrected chi connectivity index (χ2v) is 5.93. The largest absolute Gasteiger partial charge is 0.460 e. The number of hydrogen-bond acceptors (Lipinski definition) is 5. The summed E-state index contributed by atoms with van der Waals surface area (Å²) < 4.78 is 15.8. The fraction of sp³-hybridized carbons (Fsp3) is 0.857. The van der Waals surface area contributed by atoms with Crippen molar-refractivity contribution in [3.8, 4) is 0 Å². The molecule has 0 amide bonds. The lowest BCUT2D eigenvalue weighted by Crippen LogP contribution is -2.30. The highest BCUT2D eigenvalue weighted by atomic mass is 16.6. The maximum absolute atomic E-state index is 11.8. The van der Waals surface area contributed by atoms with Crippen LogP contribution in [0.15, 0.2) is 0 Å². The third-order valence-electron chi connectivity index (χ3n) is 2.80. The second-order valence-electron chi connectivity index (χ2n) is 5.93. The van der Waals surface area contributed by atoms with Gasteiger partial charge in [0.05, 0.1) is 13.2 Å². The van der Waals surface area contributed by atoms with Crippen molar-refractivity contribution in [3.05, 3.63) is 0 Å². The molecule has 5 heteroatoms. The lowest BCUT2D eigenvalue weighted by atomic mass is 10.1. The van der Waals surface area contributed by atoms with Gasteiger partial charge in [-0.25, -0.2) is 0 Å². The van der Waals surface area contributed by atoms with Gasteiger partial charge in [0.15, 0.2) is 5.78 Å². The van der Waals surface area contributed by atoms with Crippen molar-refractivity contribution in [2.75, 3.05) is 19.8 Å². The van der Waals surface area contributed by atoms with Crippen LogP contribution in [-0.2, 0) is 23.8 Å². The smallest absolute Gasteiger partial charge is 0.313 e. The summed E-state index contributed by atoms with van der Waals surface area (Å²) in [6.45, 7) is 8.94. The molecule has 0 aliphatic carbocycles. The number of ketones is 1. The van der Waals surface area contributed by atoms with Crippen molar-refractivity contribution in [1.82, 2.24) is 0 Å². The van der Waals surface area contributed by atoms with Gasteiger partial charge in [0.2, 0.25) is 0 Å². The molecule has 110 valence electrons. The molecule has 1 rings (SSSR count). The normalized spacial score (nSPS) is 21.2. The molecule has 0 bridgehead atoms. The molecule has 1 fully saturated rings. The number of carbonyl (C=O) groups is 2. The number of hydrogen-bond donors (Lipinski definition) is 0. The lowest BCUT2D eigenvalue weighted by Gasteiger charge is -2.20. The van der Waals surface area contributed by atoms with Crippen LogP contribution < -0.4 is 0 Å². The van der Waals surface area contributed by atoms with Crippen LogP contribution in [0.2, 0.25) is 0 Å². The molecule has 0 radical (unpaired) electrons. The summed E-state index contributed by atoms with van der Waals surface area (Å²) in [4.78, 5) is 23.3. The van der Waals surface area contributed by atoms with Crippen LogP contribution in [0.3, 0.4) is 0 Å². The van der Waals surface area contributed by atoms with Crippen molar-refractivity contribution in [2.45, 2.75) is 52.2 Å². The summed E-state index contributed by atoms with van der Waals surface area (Å²) in [6.07, 6.45) is 0.153. The Kier molecular flexibility index (Phi) is 5.94. The highest BCUT2D eigenvalue weighted by Crippen LogP contribution is 2.14. The van der Waals surface area contributed by atoms with E-state index in [-0.39, 0.29) is 12.2 Å². The van der Waals surface area contributed by atoms with E-state index in [1.165, 1.54) is 0 Å². The van der Waals surface area contributed by atoms with Gasteiger partial charge in [0.1, 0.15) is 18.1 Å². The molecule has 19 heavy (non-hydrogen) atoms. The monoisotopic (exact) mass is 272 g/mol. The van der Waals surface area contributed by atoms with E-state index in [9.17, 15) is 9.59 Å². The van der Waals surface area contributed by atoms with Gasteiger partial charge in [0, 0.05) is 12.5 Å². The van der Waals surface area contributed by atoms with Gasteiger partial charge in [-0.05, 0) is 34.1 Å². The molecule has 0 unspecified atom stereocenters. The minimum atomic E-state index is -0.576. The van der Waals surface area contributed by atoms with Gasteiger partial charge in [0.25, 0.3) is 0 Å². The minimum absolute atomic E-state index is 0.237. The second kappa shape index (κ2) is 7.01. The molecule has 1 saturated heterocycles. The van der Waals surface area contributed by atoms with Crippen molar-refractivity contribution < 1.29 is 23.8 Å².